The number of amides is 2. The van der Waals surface area contributed by atoms with Gasteiger partial charge in [0.2, 0.25) is 0 Å². The first-order chi connectivity index (χ1) is 12.5. The van der Waals surface area contributed by atoms with Crippen LogP contribution in [0.4, 0.5) is 5.69 Å². The van der Waals surface area contributed by atoms with Crippen LogP contribution in [0.1, 0.15) is 53.0 Å². The molecular formula is C19H19Cl2N3O2. The topological polar surface area (TPSA) is 71.1 Å². The van der Waals surface area contributed by atoms with Crippen molar-refractivity contribution in [1.82, 2.24) is 10.3 Å². The molecule has 0 bridgehead atoms. The summed E-state index contributed by atoms with van der Waals surface area (Å²) in [4.78, 5) is 29.0. The monoisotopic (exact) mass is 391 g/mol. The van der Waals surface area contributed by atoms with E-state index in [1.165, 1.54) is 24.8 Å². The molecule has 5 nitrogen and oxygen atoms in total. The second kappa shape index (κ2) is 8.52. The number of aromatic nitrogens is 1. The molecule has 2 amide bonds. The van der Waals surface area contributed by atoms with E-state index in [0.29, 0.717) is 21.3 Å². The number of rotatable bonds is 4. The molecule has 3 rings (SSSR count). The normalized spacial score (nSPS) is 14.7. The molecule has 1 aromatic heterocycles. The number of nitrogens with one attached hydrogen (secondary N) is 2. The van der Waals surface area contributed by atoms with Gasteiger partial charge in [-0.25, -0.2) is 0 Å². The number of hydrogen-bond donors (Lipinski definition) is 2. The van der Waals surface area contributed by atoms with Crippen molar-refractivity contribution in [1.29, 1.82) is 0 Å². The SMILES string of the molecule is O=C(Nc1c(Cl)cccc1Cl)c1ccnc(C(=O)NC2CCCCC2)c1. The van der Waals surface area contributed by atoms with E-state index in [1.54, 1.807) is 18.2 Å². The molecule has 0 radical (unpaired) electrons. The van der Waals surface area contributed by atoms with Gasteiger partial charge in [0.15, 0.2) is 0 Å². The molecule has 136 valence electrons. The maximum Gasteiger partial charge on any atom is 0.270 e. The third kappa shape index (κ3) is 4.54. The van der Waals surface area contributed by atoms with Crippen LogP contribution >= 0.6 is 23.2 Å². The van der Waals surface area contributed by atoms with Crippen molar-refractivity contribution in [2.75, 3.05) is 5.32 Å². The molecule has 0 aliphatic heterocycles. The Balaban J connectivity index is 1.72. The predicted molar refractivity (Wildman–Crippen MR) is 103 cm³/mol. The van der Waals surface area contributed by atoms with Crippen molar-refractivity contribution in [2.45, 2.75) is 38.1 Å². The van der Waals surface area contributed by atoms with Crippen molar-refractivity contribution < 1.29 is 9.59 Å². The third-order valence-electron chi connectivity index (χ3n) is 4.40. The van der Waals surface area contributed by atoms with Crippen LogP contribution in [0.25, 0.3) is 0 Å². The van der Waals surface area contributed by atoms with Crippen molar-refractivity contribution in [3.05, 3.63) is 57.8 Å². The predicted octanol–water partition coefficient (Wildman–Crippen LogP) is 4.70. The van der Waals surface area contributed by atoms with E-state index in [9.17, 15) is 9.59 Å². The van der Waals surface area contributed by atoms with Gasteiger partial charge in [-0.2, -0.15) is 0 Å². The number of carbonyl (C=O) groups excluding carboxylic acids is 2. The maximum absolute atomic E-state index is 12.5. The average molecular weight is 392 g/mol. The largest absolute Gasteiger partial charge is 0.348 e. The summed E-state index contributed by atoms with van der Waals surface area (Å²) in [6.07, 6.45) is 6.87. The Bertz CT molecular complexity index is 800. The van der Waals surface area contributed by atoms with Crippen LogP contribution in [0.5, 0.6) is 0 Å². The summed E-state index contributed by atoms with van der Waals surface area (Å²) in [6.45, 7) is 0. The zero-order chi connectivity index (χ0) is 18.5. The Hall–Kier alpha value is -2.11. The molecule has 0 spiro atoms. The van der Waals surface area contributed by atoms with Crippen LogP contribution in [0, 0.1) is 0 Å². The number of benzene rings is 1. The third-order valence-corrected chi connectivity index (χ3v) is 5.03. The van der Waals surface area contributed by atoms with Crippen LogP contribution in [0.2, 0.25) is 10.0 Å². The molecule has 0 atom stereocenters. The summed E-state index contributed by atoms with van der Waals surface area (Å²) in [7, 11) is 0. The van der Waals surface area contributed by atoms with Gasteiger partial charge < -0.3 is 10.6 Å². The minimum absolute atomic E-state index is 0.178. The lowest BCUT2D eigenvalue weighted by molar-refractivity contribution is 0.0922. The molecule has 7 heteroatoms. The quantitative estimate of drug-likeness (QED) is 0.792. The van der Waals surface area contributed by atoms with Crippen molar-refractivity contribution >= 4 is 40.7 Å². The van der Waals surface area contributed by atoms with Gasteiger partial charge in [0, 0.05) is 17.8 Å². The van der Waals surface area contributed by atoms with Crippen LogP contribution in [-0.2, 0) is 0 Å². The molecule has 1 fully saturated rings. The van der Waals surface area contributed by atoms with Crippen molar-refractivity contribution in [2.24, 2.45) is 0 Å². The van der Waals surface area contributed by atoms with E-state index in [-0.39, 0.29) is 17.6 Å². The van der Waals surface area contributed by atoms with Gasteiger partial charge in [0.1, 0.15) is 5.69 Å². The van der Waals surface area contributed by atoms with Gasteiger partial charge in [0.25, 0.3) is 11.8 Å². The molecule has 1 aliphatic rings. The number of nitrogens with zero attached hydrogens (tertiary/aromatic N) is 1. The molecule has 1 heterocycles. The van der Waals surface area contributed by atoms with Gasteiger partial charge in [-0.1, -0.05) is 48.5 Å². The Morgan fingerprint density at radius 1 is 1.00 bits per heavy atom. The van der Waals surface area contributed by atoms with E-state index in [2.05, 4.69) is 15.6 Å². The van der Waals surface area contributed by atoms with Crippen LogP contribution in [-0.4, -0.2) is 22.8 Å². The molecule has 1 aliphatic carbocycles. The first-order valence-corrected chi connectivity index (χ1v) is 9.32. The molecule has 0 unspecified atom stereocenters. The standard InChI is InChI=1S/C19H19Cl2N3O2/c20-14-7-4-8-15(21)17(14)24-18(25)12-9-10-22-16(11-12)19(26)23-13-5-2-1-3-6-13/h4,7-11,13H,1-3,5-6H2,(H,23,26)(H,24,25). The van der Waals surface area contributed by atoms with Crippen LogP contribution < -0.4 is 10.6 Å². The Morgan fingerprint density at radius 2 is 1.69 bits per heavy atom. The minimum atomic E-state index is -0.408. The van der Waals surface area contributed by atoms with Crippen molar-refractivity contribution in [3.63, 3.8) is 0 Å². The number of anilines is 1. The summed E-state index contributed by atoms with van der Waals surface area (Å²) >= 11 is 12.2. The van der Waals surface area contributed by atoms with E-state index in [4.69, 9.17) is 23.2 Å². The summed E-state index contributed by atoms with van der Waals surface area (Å²) in [5, 5.41) is 6.36. The zero-order valence-corrected chi connectivity index (χ0v) is 15.6. The number of carbonyl (C=O) groups is 2. The Labute approximate surface area is 162 Å². The van der Waals surface area contributed by atoms with E-state index < -0.39 is 5.91 Å². The van der Waals surface area contributed by atoms with Crippen LogP contribution in [0.3, 0.4) is 0 Å². The fraction of sp³-hybridized carbons (Fsp3) is 0.316. The number of pyridine rings is 1. The van der Waals surface area contributed by atoms with Gasteiger partial charge in [-0.3, -0.25) is 14.6 Å². The average Bonchev–Trinajstić information content (AvgIpc) is 2.65. The highest BCUT2D eigenvalue weighted by atomic mass is 35.5. The summed E-state index contributed by atoms with van der Waals surface area (Å²) in [5.74, 6) is -0.670. The Morgan fingerprint density at radius 3 is 2.38 bits per heavy atom. The molecule has 1 aromatic carbocycles. The number of hydrogen-bond acceptors (Lipinski definition) is 3. The van der Waals surface area contributed by atoms with Gasteiger partial charge in [-0.15, -0.1) is 0 Å². The Kier molecular flexibility index (Phi) is 6.12. The first-order valence-electron chi connectivity index (χ1n) is 8.57. The van der Waals surface area contributed by atoms with E-state index >= 15 is 0 Å². The van der Waals surface area contributed by atoms with Gasteiger partial charge >= 0.3 is 0 Å². The highest BCUT2D eigenvalue weighted by molar-refractivity contribution is 6.40. The van der Waals surface area contributed by atoms with Gasteiger partial charge in [-0.05, 0) is 37.1 Å². The molecule has 26 heavy (non-hydrogen) atoms. The lowest BCUT2D eigenvalue weighted by Gasteiger charge is -2.22. The lowest BCUT2D eigenvalue weighted by Crippen LogP contribution is -2.36. The summed E-state index contributed by atoms with van der Waals surface area (Å²) in [6, 6.07) is 8.16. The summed E-state index contributed by atoms with van der Waals surface area (Å²) in [5.41, 5.74) is 0.865. The molecule has 2 N–H and O–H groups in total. The smallest absolute Gasteiger partial charge is 0.270 e. The molecule has 0 saturated heterocycles. The zero-order valence-electron chi connectivity index (χ0n) is 14.1. The fourth-order valence-corrected chi connectivity index (χ4v) is 3.50. The number of para-hydroxylation sites is 1. The van der Waals surface area contributed by atoms with E-state index in [0.717, 1.165) is 25.7 Å². The molecule has 2 aromatic rings. The maximum atomic E-state index is 12.5. The second-order valence-corrected chi connectivity index (χ2v) is 7.10. The minimum Gasteiger partial charge on any atom is -0.348 e. The van der Waals surface area contributed by atoms with E-state index in [1.807, 2.05) is 0 Å². The fourth-order valence-electron chi connectivity index (χ4n) is 3.01. The second-order valence-electron chi connectivity index (χ2n) is 6.29. The molecular weight excluding hydrogens is 373 g/mol. The summed E-state index contributed by atoms with van der Waals surface area (Å²) < 4.78 is 0. The van der Waals surface area contributed by atoms with Gasteiger partial charge in [0.05, 0.1) is 15.7 Å². The van der Waals surface area contributed by atoms with Crippen molar-refractivity contribution in [3.8, 4) is 0 Å². The van der Waals surface area contributed by atoms with Crippen LogP contribution in [0.15, 0.2) is 36.5 Å². The molecule has 1 saturated carbocycles. The first kappa shape index (κ1) is 18.7. The highest BCUT2D eigenvalue weighted by Crippen LogP contribution is 2.30. The highest BCUT2D eigenvalue weighted by Gasteiger charge is 2.19. The lowest BCUT2D eigenvalue weighted by atomic mass is 9.95. The number of halogens is 2.